The molecule has 1 N–H and O–H groups in total. The molecule has 1 unspecified atom stereocenters. The number of benzene rings is 1. The number of rotatable bonds is 4. The van der Waals surface area contributed by atoms with Gasteiger partial charge >= 0.3 is 5.97 Å². The van der Waals surface area contributed by atoms with Crippen LogP contribution >= 0.6 is 11.3 Å². The number of carbonyl (C=O) groups excluding carboxylic acids is 1. The van der Waals surface area contributed by atoms with Crippen molar-refractivity contribution in [1.82, 2.24) is 4.57 Å². The molecule has 0 amide bonds. The molecule has 0 aliphatic heterocycles. The lowest BCUT2D eigenvalue weighted by molar-refractivity contribution is 0.0598. The van der Waals surface area contributed by atoms with Gasteiger partial charge in [0.2, 0.25) is 5.43 Å². The first-order valence-electron chi connectivity index (χ1n) is 10.6. The zero-order chi connectivity index (χ0) is 21.9. The zero-order valence-corrected chi connectivity index (χ0v) is 18.7. The molecule has 0 spiro atoms. The summed E-state index contributed by atoms with van der Waals surface area (Å²) in [6, 6.07) is 3.92. The Morgan fingerprint density at radius 1 is 1.23 bits per heavy atom. The SMILES string of the molecule is COC(=O)c1cn(C2CC2)c2c(OC)c(-c3sc4c(c3C)C(O)CCC4)ccc2c1=O. The summed E-state index contributed by atoms with van der Waals surface area (Å²) >= 11 is 1.70. The molecule has 162 valence electrons. The van der Waals surface area contributed by atoms with Gasteiger partial charge in [0.15, 0.2) is 5.75 Å². The van der Waals surface area contributed by atoms with Crippen molar-refractivity contribution in [3.05, 3.63) is 50.1 Å². The Kier molecular flexibility index (Phi) is 4.90. The Balaban J connectivity index is 1.80. The summed E-state index contributed by atoms with van der Waals surface area (Å²) < 4.78 is 12.7. The highest BCUT2D eigenvalue weighted by Gasteiger charge is 2.31. The molecular weight excluding hydrogens is 414 g/mol. The molecule has 0 bridgehead atoms. The average molecular weight is 440 g/mol. The van der Waals surface area contributed by atoms with Gasteiger partial charge in [0, 0.05) is 27.6 Å². The summed E-state index contributed by atoms with van der Waals surface area (Å²) in [7, 11) is 2.90. The van der Waals surface area contributed by atoms with Crippen LogP contribution < -0.4 is 10.2 Å². The van der Waals surface area contributed by atoms with Crippen molar-refractivity contribution in [2.45, 2.75) is 51.2 Å². The van der Waals surface area contributed by atoms with Crippen LogP contribution in [0.2, 0.25) is 0 Å². The maximum atomic E-state index is 13.1. The van der Waals surface area contributed by atoms with Gasteiger partial charge in [0.05, 0.1) is 31.2 Å². The third kappa shape index (κ3) is 3.10. The molecule has 2 aliphatic carbocycles. The van der Waals surface area contributed by atoms with E-state index in [0.29, 0.717) is 16.7 Å². The number of aliphatic hydroxyl groups is 1. The molecule has 0 radical (unpaired) electrons. The highest BCUT2D eigenvalue weighted by atomic mass is 32.1. The van der Waals surface area contributed by atoms with Crippen molar-refractivity contribution in [2.75, 3.05) is 14.2 Å². The summed E-state index contributed by atoms with van der Waals surface area (Å²) in [5, 5.41) is 11.0. The summed E-state index contributed by atoms with van der Waals surface area (Å²) in [6.07, 6.45) is 5.93. The van der Waals surface area contributed by atoms with Crippen LogP contribution in [0.3, 0.4) is 0 Å². The van der Waals surface area contributed by atoms with E-state index in [0.717, 1.165) is 53.7 Å². The summed E-state index contributed by atoms with van der Waals surface area (Å²) in [6.45, 7) is 2.05. The Bertz CT molecular complexity index is 1270. The molecule has 1 fully saturated rings. The van der Waals surface area contributed by atoms with E-state index in [1.165, 1.54) is 12.0 Å². The maximum absolute atomic E-state index is 13.1. The lowest BCUT2D eigenvalue weighted by Crippen LogP contribution is -2.20. The van der Waals surface area contributed by atoms with Gasteiger partial charge in [0.25, 0.3) is 0 Å². The van der Waals surface area contributed by atoms with Crippen LogP contribution in [-0.4, -0.2) is 29.9 Å². The topological polar surface area (TPSA) is 77.8 Å². The molecular formula is C24H25NO5S. The number of thiophene rings is 1. The zero-order valence-electron chi connectivity index (χ0n) is 17.9. The molecule has 1 saturated carbocycles. The molecule has 2 heterocycles. The second-order valence-corrected chi connectivity index (χ2v) is 9.45. The minimum atomic E-state index is -0.625. The van der Waals surface area contributed by atoms with Gasteiger partial charge in [-0.2, -0.15) is 0 Å². The summed E-state index contributed by atoms with van der Waals surface area (Å²) in [5.74, 6) is 0.00853. The number of fused-ring (bicyclic) bond motifs is 2. The van der Waals surface area contributed by atoms with Crippen LogP contribution in [-0.2, 0) is 11.2 Å². The number of hydrogen-bond donors (Lipinski definition) is 1. The number of aromatic nitrogens is 1. The van der Waals surface area contributed by atoms with Crippen molar-refractivity contribution >= 4 is 28.2 Å². The number of pyridine rings is 1. The summed E-state index contributed by atoms with van der Waals surface area (Å²) in [4.78, 5) is 27.6. The van der Waals surface area contributed by atoms with E-state index in [4.69, 9.17) is 9.47 Å². The maximum Gasteiger partial charge on any atom is 0.343 e. The highest BCUT2D eigenvalue weighted by Crippen LogP contribution is 2.48. The number of esters is 1. The predicted octanol–water partition coefficient (Wildman–Crippen LogP) is 4.54. The van der Waals surface area contributed by atoms with Gasteiger partial charge in [-0.1, -0.05) is 0 Å². The fraction of sp³-hybridized carbons (Fsp3) is 0.417. The summed E-state index contributed by atoms with van der Waals surface area (Å²) in [5.41, 5.74) is 3.46. The number of nitrogens with zero attached hydrogens (tertiary/aromatic N) is 1. The Morgan fingerprint density at radius 3 is 2.65 bits per heavy atom. The third-order valence-corrected chi connectivity index (χ3v) is 7.83. The molecule has 5 rings (SSSR count). The number of ether oxygens (including phenoxy) is 2. The van der Waals surface area contributed by atoms with Crippen LogP contribution in [0.15, 0.2) is 23.1 Å². The number of hydrogen-bond acceptors (Lipinski definition) is 6. The van der Waals surface area contributed by atoms with E-state index in [2.05, 4.69) is 6.92 Å². The fourth-order valence-corrected chi connectivity index (χ4v) is 6.19. The Hall–Kier alpha value is -2.64. The van der Waals surface area contributed by atoms with Gasteiger partial charge < -0.3 is 19.1 Å². The lowest BCUT2D eigenvalue weighted by Gasteiger charge is -2.19. The quantitative estimate of drug-likeness (QED) is 0.604. The molecule has 0 saturated heterocycles. The van der Waals surface area contributed by atoms with Crippen LogP contribution in [0.25, 0.3) is 21.3 Å². The van der Waals surface area contributed by atoms with Gasteiger partial charge in [-0.3, -0.25) is 4.79 Å². The number of aryl methyl sites for hydroxylation is 1. The van der Waals surface area contributed by atoms with Crippen LogP contribution in [0.1, 0.15) is 64.2 Å². The second kappa shape index (κ2) is 7.50. The number of carbonyl (C=O) groups is 1. The minimum absolute atomic E-state index is 0.0441. The predicted molar refractivity (Wildman–Crippen MR) is 120 cm³/mol. The number of methoxy groups -OCH3 is 2. The van der Waals surface area contributed by atoms with Crippen molar-refractivity contribution in [3.63, 3.8) is 0 Å². The van der Waals surface area contributed by atoms with E-state index in [1.54, 1.807) is 30.7 Å². The van der Waals surface area contributed by atoms with Gasteiger partial charge in [0.1, 0.15) is 5.56 Å². The van der Waals surface area contributed by atoms with E-state index in [9.17, 15) is 14.7 Å². The molecule has 2 aromatic heterocycles. The molecule has 1 aromatic carbocycles. The van der Waals surface area contributed by atoms with E-state index in [-0.39, 0.29) is 17.0 Å². The molecule has 6 nitrogen and oxygen atoms in total. The first-order chi connectivity index (χ1) is 15.0. The standard InChI is InChI=1S/C24H25NO5S/c1-12-19-17(26)5-4-6-18(19)31-23(12)15-10-9-14-20(22(15)29-2)25(13-7-8-13)11-16(21(14)27)24(28)30-3/h9-11,13,17,26H,4-8H2,1-3H3. The van der Waals surface area contributed by atoms with Gasteiger partial charge in [-0.25, -0.2) is 4.79 Å². The smallest absolute Gasteiger partial charge is 0.343 e. The number of aliphatic hydroxyl groups excluding tert-OH is 1. The third-order valence-electron chi connectivity index (χ3n) is 6.43. The van der Waals surface area contributed by atoms with Crippen molar-refractivity contribution in [2.24, 2.45) is 0 Å². The van der Waals surface area contributed by atoms with Gasteiger partial charge in [-0.15, -0.1) is 11.3 Å². The van der Waals surface area contributed by atoms with Crippen LogP contribution in [0, 0.1) is 6.92 Å². The van der Waals surface area contributed by atoms with Crippen molar-refractivity contribution in [3.8, 4) is 16.2 Å². The monoisotopic (exact) mass is 439 g/mol. The van der Waals surface area contributed by atoms with Crippen LogP contribution in [0.4, 0.5) is 0 Å². The van der Waals surface area contributed by atoms with E-state index in [1.807, 2.05) is 10.6 Å². The minimum Gasteiger partial charge on any atom is -0.494 e. The first-order valence-corrected chi connectivity index (χ1v) is 11.4. The normalized spacial score (nSPS) is 18.1. The Morgan fingerprint density at radius 2 is 2.00 bits per heavy atom. The largest absolute Gasteiger partial charge is 0.494 e. The molecule has 2 aliphatic rings. The first kappa shape index (κ1) is 20.3. The van der Waals surface area contributed by atoms with Crippen molar-refractivity contribution < 1.29 is 19.4 Å². The average Bonchev–Trinajstić information content (AvgIpc) is 3.56. The molecule has 3 aromatic rings. The highest BCUT2D eigenvalue weighted by molar-refractivity contribution is 7.16. The molecule has 7 heteroatoms. The van der Waals surface area contributed by atoms with Gasteiger partial charge in [-0.05, 0) is 62.3 Å². The second-order valence-electron chi connectivity index (χ2n) is 8.35. The lowest BCUT2D eigenvalue weighted by atomic mass is 9.91. The van der Waals surface area contributed by atoms with Crippen LogP contribution in [0.5, 0.6) is 5.75 Å². The van der Waals surface area contributed by atoms with Crippen molar-refractivity contribution in [1.29, 1.82) is 0 Å². The van der Waals surface area contributed by atoms with E-state index < -0.39 is 12.1 Å². The van der Waals surface area contributed by atoms with E-state index >= 15 is 0 Å². The molecule has 31 heavy (non-hydrogen) atoms. The molecule has 1 atom stereocenters. The fourth-order valence-electron chi connectivity index (χ4n) is 4.76. The Labute approximate surface area is 184 Å².